The second kappa shape index (κ2) is 9.91. The van der Waals surface area contributed by atoms with Gasteiger partial charge >= 0.3 is 5.97 Å². The normalized spacial score (nSPS) is 10.4. The number of unbranched alkanes of at least 4 members (excludes halogenated alkanes) is 1. The summed E-state index contributed by atoms with van der Waals surface area (Å²) >= 11 is 1.29. The summed E-state index contributed by atoms with van der Waals surface area (Å²) in [4.78, 5) is 32.5. The Labute approximate surface area is 157 Å². The minimum Gasteiger partial charge on any atom is -0.462 e. The molecule has 26 heavy (non-hydrogen) atoms. The number of nitrogens with zero attached hydrogens (tertiary/aromatic N) is 2. The molecule has 0 atom stereocenters. The van der Waals surface area contributed by atoms with Gasteiger partial charge in [-0.2, -0.15) is 0 Å². The average Bonchev–Trinajstić information content (AvgIpc) is 2.60. The lowest BCUT2D eigenvalue weighted by atomic mass is 10.2. The summed E-state index contributed by atoms with van der Waals surface area (Å²) in [6.45, 7) is 6.25. The molecule has 0 unspecified atom stereocenters. The monoisotopic (exact) mass is 373 g/mol. The molecule has 0 spiro atoms. The summed E-state index contributed by atoms with van der Waals surface area (Å²) in [5, 5.41) is 3.38. The first-order chi connectivity index (χ1) is 12.5. The molecule has 1 N–H and O–H groups in total. The summed E-state index contributed by atoms with van der Waals surface area (Å²) < 4.78 is 5.15. The second-order valence-electron chi connectivity index (χ2n) is 5.84. The molecule has 138 valence electrons. The van der Waals surface area contributed by atoms with Gasteiger partial charge < -0.3 is 10.1 Å². The first-order valence-corrected chi connectivity index (χ1v) is 9.48. The highest BCUT2D eigenvalue weighted by Crippen LogP contribution is 2.16. The van der Waals surface area contributed by atoms with E-state index in [1.54, 1.807) is 24.3 Å². The number of ether oxygens (including phenoxy) is 1. The molecular weight excluding hydrogens is 350 g/mol. The molecule has 2 aromatic rings. The molecule has 0 aliphatic rings. The number of hydrogen-bond donors (Lipinski definition) is 1. The second-order valence-corrected chi connectivity index (χ2v) is 6.78. The number of aryl methyl sites for hydroxylation is 2. The van der Waals surface area contributed by atoms with Crippen LogP contribution in [0.15, 0.2) is 35.5 Å². The molecule has 0 aliphatic carbocycles. The van der Waals surface area contributed by atoms with Crippen molar-refractivity contribution in [3.63, 3.8) is 0 Å². The fourth-order valence-electron chi connectivity index (χ4n) is 2.17. The zero-order chi connectivity index (χ0) is 18.9. The van der Waals surface area contributed by atoms with Crippen molar-refractivity contribution in [1.29, 1.82) is 0 Å². The van der Waals surface area contributed by atoms with Crippen molar-refractivity contribution in [2.75, 3.05) is 17.7 Å². The van der Waals surface area contributed by atoms with Crippen molar-refractivity contribution in [1.82, 2.24) is 9.97 Å². The molecule has 0 fully saturated rings. The summed E-state index contributed by atoms with van der Waals surface area (Å²) in [6, 6.07) is 8.55. The van der Waals surface area contributed by atoms with Crippen LogP contribution in [0.5, 0.6) is 0 Å². The molecular formula is C19H23N3O3S. The van der Waals surface area contributed by atoms with E-state index in [4.69, 9.17) is 4.74 Å². The Morgan fingerprint density at radius 1 is 1.12 bits per heavy atom. The molecule has 7 heteroatoms. The van der Waals surface area contributed by atoms with Crippen LogP contribution in [0.4, 0.5) is 5.69 Å². The lowest BCUT2D eigenvalue weighted by Gasteiger charge is -2.07. The SMILES string of the molecule is CCCCOC(=O)c1ccc(NC(=O)CSc2nc(C)cc(C)n2)cc1. The van der Waals surface area contributed by atoms with Gasteiger partial charge in [0, 0.05) is 17.1 Å². The van der Waals surface area contributed by atoms with Crippen LogP contribution >= 0.6 is 11.8 Å². The Morgan fingerprint density at radius 2 is 1.77 bits per heavy atom. The molecule has 2 rings (SSSR count). The van der Waals surface area contributed by atoms with Crippen LogP contribution in [0.2, 0.25) is 0 Å². The third kappa shape index (κ3) is 6.48. The van der Waals surface area contributed by atoms with Crippen LogP contribution in [0.3, 0.4) is 0 Å². The van der Waals surface area contributed by atoms with Gasteiger partial charge in [0.25, 0.3) is 0 Å². The first kappa shape index (κ1) is 19.9. The summed E-state index contributed by atoms with van der Waals surface area (Å²) in [7, 11) is 0. The topological polar surface area (TPSA) is 81.2 Å². The molecule has 0 radical (unpaired) electrons. The molecule has 1 heterocycles. The van der Waals surface area contributed by atoms with Gasteiger partial charge in [-0.25, -0.2) is 14.8 Å². The maximum atomic E-state index is 12.1. The fourth-order valence-corrected chi connectivity index (χ4v) is 2.92. The quantitative estimate of drug-likeness (QED) is 0.328. The van der Waals surface area contributed by atoms with E-state index < -0.39 is 0 Å². The smallest absolute Gasteiger partial charge is 0.338 e. The Kier molecular flexibility index (Phi) is 7.59. The number of hydrogen-bond acceptors (Lipinski definition) is 6. The minimum absolute atomic E-state index is 0.156. The van der Waals surface area contributed by atoms with Gasteiger partial charge in [0.15, 0.2) is 5.16 Å². The van der Waals surface area contributed by atoms with Gasteiger partial charge in [-0.05, 0) is 50.6 Å². The highest BCUT2D eigenvalue weighted by atomic mass is 32.2. The van der Waals surface area contributed by atoms with Gasteiger partial charge in [-0.3, -0.25) is 4.79 Å². The van der Waals surface area contributed by atoms with Gasteiger partial charge in [0.05, 0.1) is 17.9 Å². The number of anilines is 1. The largest absolute Gasteiger partial charge is 0.462 e. The van der Waals surface area contributed by atoms with Crippen LogP contribution in [-0.2, 0) is 9.53 Å². The van der Waals surface area contributed by atoms with Crippen molar-refractivity contribution in [3.05, 3.63) is 47.3 Å². The molecule has 1 amide bonds. The zero-order valence-corrected chi connectivity index (χ0v) is 16.1. The van der Waals surface area contributed by atoms with Crippen LogP contribution < -0.4 is 5.32 Å². The number of amides is 1. The van der Waals surface area contributed by atoms with E-state index in [2.05, 4.69) is 15.3 Å². The van der Waals surface area contributed by atoms with Crippen LogP contribution in [0.25, 0.3) is 0 Å². The van der Waals surface area contributed by atoms with E-state index in [0.717, 1.165) is 24.2 Å². The van der Waals surface area contributed by atoms with Crippen molar-refractivity contribution in [2.24, 2.45) is 0 Å². The lowest BCUT2D eigenvalue weighted by Crippen LogP contribution is -2.14. The minimum atomic E-state index is -0.348. The molecule has 1 aromatic heterocycles. The fraction of sp³-hybridized carbons (Fsp3) is 0.368. The van der Waals surface area contributed by atoms with Crippen LogP contribution in [-0.4, -0.2) is 34.2 Å². The molecule has 0 saturated heterocycles. The number of carbonyl (C=O) groups excluding carboxylic acids is 2. The maximum absolute atomic E-state index is 12.1. The number of esters is 1. The Bertz CT molecular complexity index is 743. The number of rotatable bonds is 8. The van der Waals surface area contributed by atoms with E-state index >= 15 is 0 Å². The highest BCUT2D eigenvalue weighted by molar-refractivity contribution is 7.99. The molecule has 6 nitrogen and oxygen atoms in total. The number of aromatic nitrogens is 2. The third-order valence-corrected chi connectivity index (χ3v) is 4.28. The van der Waals surface area contributed by atoms with Gasteiger partial charge in [0.2, 0.25) is 5.91 Å². The predicted octanol–water partition coefficient (Wildman–Crippen LogP) is 3.78. The number of carbonyl (C=O) groups is 2. The standard InChI is InChI=1S/C19H23N3O3S/c1-4-5-10-25-18(24)15-6-8-16(9-7-15)22-17(23)12-26-19-20-13(2)11-14(3)21-19/h6-9,11H,4-5,10,12H2,1-3H3,(H,22,23). The summed E-state index contributed by atoms with van der Waals surface area (Å²) in [5.74, 6) is -0.293. The van der Waals surface area contributed by atoms with E-state index in [1.165, 1.54) is 11.8 Å². The highest BCUT2D eigenvalue weighted by Gasteiger charge is 2.09. The van der Waals surface area contributed by atoms with E-state index in [1.807, 2.05) is 26.8 Å². The van der Waals surface area contributed by atoms with Gasteiger partial charge in [-0.15, -0.1) is 0 Å². The van der Waals surface area contributed by atoms with Crippen molar-refractivity contribution in [2.45, 2.75) is 38.8 Å². The van der Waals surface area contributed by atoms with Gasteiger partial charge in [0.1, 0.15) is 0 Å². The summed E-state index contributed by atoms with van der Waals surface area (Å²) in [5.41, 5.74) is 2.85. The van der Waals surface area contributed by atoms with Crippen LogP contribution in [0, 0.1) is 13.8 Å². The third-order valence-electron chi connectivity index (χ3n) is 3.43. The average molecular weight is 373 g/mol. The summed E-state index contributed by atoms with van der Waals surface area (Å²) in [6.07, 6.45) is 1.82. The Balaban J connectivity index is 1.84. The molecule has 1 aromatic carbocycles. The predicted molar refractivity (Wildman–Crippen MR) is 102 cm³/mol. The lowest BCUT2D eigenvalue weighted by molar-refractivity contribution is -0.113. The number of thioether (sulfide) groups is 1. The van der Waals surface area contributed by atoms with Crippen molar-refractivity contribution < 1.29 is 14.3 Å². The van der Waals surface area contributed by atoms with Gasteiger partial charge in [-0.1, -0.05) is 25.1 Å². The number of nitrogens with one attached hydrogen (secondary N) is 1. The molecule has 0 bridgehead atoms. The number of benzene rings is 1. The maximum Gasteiger partial charge on any atom is 0.338 e. The first-order valence-electron chi connectivity index (χ1n) is 8.50. The van der Waals surface area contributed by atoms with Crippen LogP contribution in [0.1, 0.15) is 41.5 Å². The van der Waals surface area contributed by atoms with Crippen molar-refractivity contribution >= 4 is 29.3 Å². The van der Waals surface area contributed by atoms with E-state index in [9.17, 15) is 9.59 Å². The van der Waals surface area contributed by atoms with E-state index in [0.29, 0.717) is 23.0 Å². The molecule has 0 saturated carbocycles. The zero-order valence-electron chi connectivity index (χ0n) is 15.2. The van der Waals surface area contributed by atoms with Crippen molar-refractivity contribution in [3.8, 4) is 0 Å². The van der Waals surface area contributed by atoms with E-state index in [-0.39, 0.29) is 17.6 Å². The Morgan fingerprint density at radius 3 is 2.38 bits per heavy atom. The Hall–Kier alpha value is -2.41. The molecule has 0 aliphatic heterocycles.